The zero-order valence-corrected chi connectivity index (χ0v) is 20.0. The van der Waals surface area contributed by atoms with Crippen LogP contribution >= 0.6 is 11.3 Å². The van der Waals surface area contributed by atoms with Gasteiger partial charge in [-0.1, -0.05) is 11.3 Å². The lowest BCUT2D eigenvalue weighted by Gasteiger charge is -2.33. The number of hydrogen-bond donors (Lipinski definition) is 1. The summed E-state index contributed by atoms with van der Waals surface area (Å²) in [5, 5.41) is 9.00. The Bertz CT molecular complexity index is 1090. The number of fused-ring (bicyclic) bond motifs is 1. The molecule has 0 aliphatic carbocycles. The molecule has 172 valence electrons. The number of carbonyl (C=O) groups excluding carboxylic acids is 1. The Morgan fingerprint density at radius 1 is 1.28 bits per heavy atom. The van der Waals surface area contributed by atoms with Gasteiger partial charge in [0.15, 0.2) is 0 Å². The van der Waals surface area contributed by atoms with Crippen molar-refractivity contribution in [3.8, 4) is 17.0 Å². The summed E-state index contributed by atoms with van der Waals surface area (Å²) in [5.74, 6) is 1.19. The third-order valence-corrected chi connectivity index (χ3v) is 6.32. The molecule has 0 radical (unpaired) electrons. The molecule has 1 aliphatic rings. The number of anilines is 1. The topological polar surface area (TPSA) is 93.9 Å². The molecule has 0 unspecified atom stereocenters. The number of piperidine rings is 1. The van der Waals surface area contributed by atoms with Gasteiger partial charge in [0.2, 0.25) is 10.1 Å². The van der Waals surface area contributed by atoms with Crippen LogP contribution in [0.15, 0.2) is 18.5 Å². The SMILES string of the molecule is COc1cncc(-c2nc3sc(NCC4CCN(C(=O)OC(C)(C)C)CC4)nn3c2C)c1. The summed E-state index contributed by atoms with van der Waals surface area (Å²) < 4.78 is 12.6. The van der Waals surface area contributed by atoms with Crippen molar-refractivity contribution in [3.63, 3.8) is 0 Å². The minimum atomic E-state index is -0.459. The first-order chi connectivity index (χ1) is 15.2. The van der Waals surface area contributed by atoms with Gasteiger partial charge in [-0.3, -0.25) is 4.98 Å². The molecule has 3 aromatic rings. The van der Waals surface area contributed by atoms with Gasteiger partial charge in [-0.2, -0.15) is 0 Å². The van der Waals surface area contributed by atoms with E-state index in [4.69, 9.17) is 19.6 Å². The van der Waals surface area contributed by atoms with Crippen LogP contribution in [0.2, 0.25) is 0 Å². The van der Waals surface area contributed by atoms with E-state index in [0.29, 0.717) is 11.7 Å². The smallest absolute Gasteiger partial charge is 0.410 e. The number of methoxy groups -OCH3 is 1. The molecule has 10 heteroatoms. The molecule has 4 rings (SSSR count). The van der Waals surface area contributed by atoms with E-state index in [1.807, 2.05) is 38.3 Å². The number of nitrogens with zero attached hydrogens (tertiary/aromatic N) is 5. The molecule has 0 saturated carbocycles. The van der Waals surface area contributed by atoms with Gasteiger partial charge in [0.25, 0.3) is 0 Å². The molecule has 3 aromatic heterocycles. The van der Waals surface area contributed by atoms with Crippen molar-refractivity contribution in [1.29, 1.82) is 0 Å². The van der Waals surface area contributed by atoms with Crippen molar-refractivity contribution in [2.45, 2.75) is 46.1 Å². The van der Waals surface area contributed by atoms with E-state index >= 15 is 0 Å². The number of hydrogen-bond acceptors (Lipinski definition) is 8. The summed E-state index contributed by atoms with van der Waals surface area (Å²) in [6.45, 7) is 9.95. The van der Waals surface area contributed by atoms with Crippen LogP contribution in [-0.4, -0.2) is 62.9 Å². The van der Waals surface area contributed by atoms with Crippen molar-refractivity contribution >= 4 is 27.5 Å². The first-order valence-electron chi connectivity index (χ1n) is 10.8. The van der Waals surface area contributed by atoms with Crippen molar-refractivity contribution in [3.05, 3.63) is 24.2 Å². The first-order valence-corrected chi connectivity index (χ1v) is 11.6. The molecule has 0 spiro atoms. The number of nitrogens with one attached hydrogen (secondary N) is 1. The summed E-state index contributed by atoms with van der Waals surface area (Å²) in [6, 6.07) is 1.93. The van der Waals surface area contributed by atoms with Gasteiger partial charge in [0.05, 0.1) is 24.7 Å². The Kier molecular flexibility index (Phi) is 6.23. The molecule has 9 nitrogen and oxygen atoms in total. The lowest BCUT2D eigenvalue weighted by Crippen LogP contribution is -2.42. The minimum Gasteiger partial charge on any atom is -0.495 e. The lowest BCUT2D eigenvalue weighted by molar-refractivity contribution is 0.0188. The maximum atomic E-state index is 12.2. The molecule has 1 N–H and O–H groups in total. The summed E-state index contributed by atoms with van der Waals surface area (Å²) in [6.07, 6.45) is 5.13. The van der Waals surface area contributed by atoms with Gasteiger partial charge >= 0.3 is 6.09 Å². The molecule has 1 aliphatic heterocycles. The van der Waals surface area contributed by atoms with Crippen molar-refractivity contribution < 1.29 is 14.3 Å². The molecule has 0 atom stereocenters. The fourth-order valence-corrected chi connectivity index (χ4v) is 4.58. The average molecular weight is 459 g/mol. The van der Waals surface area contributed by atoms with Crippen LogP contribution in [0.5, 0.6) is 5.75 Å². The highest BCUT2D eigenvalue weighted by Crippen LogP contribution is 2.30. The second-order valence-electron chi connectivity index (χ2n) is 9.05. The average Bonchev–Trinajstić information content (AvgIpc) is 3.30. The van der Waals surface area contributed by atoms with Crippen LogP contribution in [0.25, 0.3) is 16.2 Å². The molecule has 1 saturated heterocycles. The number of likely N-dealkylation sites (tertiary alicyclic amines) is 1. The van der Waals surface area contributed by atoms with Gasteiger partial charge in [-0.25, -0.2) is 14.3 Å². The quantitative estimate of drug-likeness (QED) is 0.611. The largest absolute Gasteiger partial charge is 0.495 e. The van der Waals surface area contributed by atoms with E-state index in [1.54, 1.807) is 24.4 Å². The zero-order valence-electron chi connectivity index (χ0n) is 19.2. The Morgan fingerprint density at radius 2 is 2.03 bits per heavy atom. The third kappa shape index (κ3) is 4.95. The maximum Gasteiger partial charge on any atom is 0.410 e. The molecule has 0 bridgehead atoms. The molecule has 0 aromatic carbocycles. The Balaban J connectivity index is 1.34. The molecule has 1 fully saturated rings. The monoisotopic (exact) mass is 458 g/mol. The lowest BCUT2D eigenvalue weighted by atomic mass is 9.97. The number of aromatic nitrogens is 4. The fraction of sp³-hybridized carbons (Fsp3) is 0.545. The normalized spacial score (nSPS) is 15.2. The number of pyridine rings is 1. The van der Waals surface area contributed by atoms with E-state index in [9.17, 15) is 4.79 Å². The first kappa shape index (κ1) is 22.3. The number of imidazole rings is 1. The Hall–Kier alpha value is -2.88. The predicted molar refractivity (Wildman–Crippen MR) is 124 cm³/mol. The van der Waals surface area contributed by atoms with E-state index < -0.39 is 5.60 Å². The molecule has 32 heavy (non-hydrogen) atoms. The summed E-state index contributed by atoms with van der Waals surface area (Å²) >= 11 is 1.53. The second kappa shape index (κ2) is 8.93. The van der Waals surface area contributed by atoms with E-state index in [1.165, 1.54) is 11.3 Å². The number of amides is 1. The Morgan fingerprint density at radius 3 is 2.69 bits per heavy atom. The van der Waals surface area contributed by atoms with Gasteiger partial charge < -0.3 is 19.7 Å². The minimum absolute atomic E-state index is 0.220. The molecule has 1 amide bonds. The van der Waals surface area contributed by atoms with Gasteiger partial charge in [0, 0.05) is 31.4 Å². The number of rotatable bonds is 5. The van der Waals surface area contributed by atoms with Crippen LogP contribution in [0.3, 0.4) is 0 Å². The molecule has 4 heterocycles. The fourth-order valence-electron chi connectivity index (χ4n) is 3.73. The van der Waals surface area contributed by atoms with E-state index in [2.05, 4.69) is 10.3 Å². The number of aryl methyl sites for hydroxylation is 1. The maximum absolute atomic E-state index is 12.2. The van der Waals surface area contributed by atoms with E-state index in [-0.39, 0.29) is 6.09 Å². The number of carbonyl (C=O) groups is 1. The third-order valence-electron chi connectivity index (χ3n) is 5.46. The highest BCUT2D eigenvalue weighted by atomic mass is 32.1. The highest BCUT2D eigenvalue weighted by molar-refractivity contribution is 7.20. The summed E-state index contributed by atoms with van der Waals surface area (Å²) in [4.78, 5) is 23.8. The Labute approximate surface area is 191 Å². The van der Waals surface area contributed by atoms with Crippen molar-refractivity contribution in [2.75, 3.05) is 32.1 Å². The van der Waals surface area contributed by atoms with Gasteiger partial charge in [-0.05, 0) is 52.5 Å². The summed E-state index contributed by atoms with van der Waals surface area (Å²) in [5.41, 5.74) is 2.27. The van der Waals surface area contributed by atoms with Crippen molar-refractivity contribution in [1.82, 2.24) is 24.5 Å². The summed E-state index contributed by atoms with van der Waals surface area (Å²) in [7, 11) is 1.63. The highest BCUT2D eigenvalue weighted by Gasteiger charge is 2.27. The number of ether oxygens (including phenoxy) is 2. The second-order valence-corrected chi connectivity index (χ2v) is 10.0. The zero-order chi connectivity index (χ0) is 22.9. The van der Waals surface area contributed by atoms with Gasteiger partial charge in [0.1, 0.15) is 11.4 Å². The molecular weight excluding hydrogens is 428 g/mol. The standard InChI is InChI=1S/C22H30N6O3S/c1-14-18(16-10-17(30-5)13-23-12-16)25-20-28(14)26-19(32-20)24-11-15-6-8-27(9-7-15)21(29)31-22(2,3)4/h10,12-13,15H,6-9,11H2,1-5H3,(H,24,26). The van der Waals surface area contributed by atoms with Crippen LogP contribution in [-0.2, 0) is 4.74 Å². The van der Waals surface area contributed by atoms with Crippen LogP contribution < -0.4 is 10.1 Å². The van der Waals surface area contributed by atoms with Crippen molar-refractivity contribution in [2.24, 2.45) is 5.92 Å². The predicted octanol–water partition coefficient (Wildman–Crippen LogP) is 4.23. The van der Waals surface area contributed by atoms with E-state index in [0.717, 1.165) is 59.5 Å². The van der Waals surface area contributed by atoms with Crippen LogP contribution in [0.4, 0.5) is 9.93 Å². The van der Waals surface area contributed by atoms with Crippen LogP contribution in [0.1, 0.15) is 39.3 Å². The van der Waals surface area contributed by atoms with Crippen LogP contribution in [0, 0.1) is 12.8 Å². The molecular formula is C22H30N6O3S. The van der Waals surface area contributed by atoms with Gasteiger partial charge in [-0.15, -0.1) is 5.10 Å².